The molecule has 0 bridgehead atoms. The van der Waals surface area contributed by atoms with Crippen LogP contribution < -0.4 is 5.32 Å². The van der Waals surface area contributed by atoms with Gasteiger partial charge in [-0.3, -0.25) is 0 Å². The molecule has 3 nitrogen and oxygen atoms in total. The summed E-state index contributed by atoms with van der Waals surface area (Å²) in [5, 5.41) is 6.78. The summed E-state index contributed by atoms with van der Waals surface area (Å²) >= 11 is 0. The van der Waals surface area contributed by atoms with Gasteiger partial charge in [-0.05, 0) is 24.3 Å². The van der Waals surface area contributed by atoms with Crippen molar-refractivity contribution in [3.05, 3.63) is 72.3 Å². The molecule has 3 aromatic rings. The first kappa shape index (κ1) is 13.2. The minimum absolute atomic E-state index is 0.151. The zero-order chi connectivity index (χ0) is 14.8. The highest BCUT2D eigenvalue weighted by Gasteiger charge is 2.13. The van der Waals surface area contributed by atoms with Crippen molar-refractivity contribution in [1.29, 1.82) is 0 Å². The van der Waals surface area contributed by atoms with E-state index >= 15 is 0 Å². The minimum atomic E-state index is -1.50. The van der Waals surface area contributed by atoms with Gasteiger partial charge >= 0.3 is 0 Å². The second-order valence-electron chi connectivity index (χ2n) is 4.36. The molecule has 0 aliphatic rings. The first-order valence-electron chi connectivity index (χ1n) is 6.16. The van der Waals surface area contributed by atoms with E-state index in [4.69, 9.17) is 0 Å². The molecule has 0 aliphatic heterocycles. The van der Waals surface area contributed by atoms with E-state index in [9.17, 15) is 13.2 Å². The normalized spacial score (nSPS) is 10.6. The number of hydrogen-bond donors (Lipinski definition) is 1. The molecule has 0 unspecified atom stereocenters. The van der Waals surface area contributed by atoms with E-state index in [1.807, 2.05) is 30.3 Å². The average Bonchev–Trinajstić information content (AvgIpc) is 2.97. The third-order valence-electron chi connectivity index (χ3n) is 2.92. The molecule has 0 saturated carbocycles. The second-order valence-corrected chi connectivity index (χ2v) is 4.36. The van der Waals surface area contributed by atoms with Crippen molar-refractivity contribution in [1.82, 2.24) is 9.78 Å². The summed E-state index contributed by atoms with van der Waals surface area (Å²) in [6, 6.07) is 11.3. The molecule has 106 valence electrons. The lowest BCUT2D eigenvalue weighted by atomic mass is 10.2. The predicted molar refractivity (Wildman–Crippen MR) is 73.2 cm³/mol. The highest BCUT2D eigenvalue weighted by Crippen LogP contribution is 2.23. The van der Waals surface area contributed by atoms with E-state index in [1.165, 1.54) is 6.20 Å². The molecule has 1 heterocycles. The van der Waals surface area contributed by atoms with Crippen LogP contribution in [0.3, 0.4) is 0 Å². The molecule has 0 spiro atoms. The van der Waals surface area contributed by atoms with Gasteiger partial charge < -0.3 is 5.32 Å². The lowest BCUT2D eigenvalue weighted by Gasteiger charge is -2.06. The molecular formula is C15H10F3N3. The van der Waals surface area contributed by atoms with Crippen molar-refractivity contribution in [3.63, 3.8) is 0 Å². The van der Waals surface area contributed by atoms with Crippen LogP contribution in [0, 0.1) is 17.5 Å². The summed E-state index contributed by atoms with van der Waals surface area (Å²) < 4.78 is 41.2. The Balaban J connectivity index is 1.87. The molecular weight excluding hydrogens is 279 g/mol. The molecule has 2 aromatic carbocycles. The number of nitrogens with one attached hydrogen (secondary N) is 1. The van der Waals surface area contributed by atoms with E-state index < -0.39 is 17.5 Å². The summed E-state index contributed by atoms with van der Waals surface area (Å²) in [5.74, 6) is -3.99. The number of rotatable bonds is 3. The highest BCUT2D eigenvalue weighted by atomic mass is 19.2. The van der Waals surface area contributed by atoms with E-state index in [2.05, 4.69) is 10.4 Å². The Kier molecular flexibility index (Phi) is 3.35. The van der Waals surface area contributed by atoms with E-state index in [0.717, 1.165) is 17.8 Å². The quantitative estimate of drug-likeness (QED) is 0.738. The lowest BCUT2D eigenvalue weighted by molar-refractivity contribution is 0.449. The van der Waals surface area contributed by atoms with Gasteiger partial charge in [0.2, 0.25) is 0 Å². The summed E-state index contributed by atoms with van der Waals surface area (Å²) in [6.45, 7) is 0. The van der Waals surface area contributed by atoms with Crippen molar-refractivity contribution < 1.29 is 13.2 Å². The molecule has 1 aromatic heterocycles. The summed E-state index contributed by atoms with van der Waals surface area (Å²) in [7, 11) is 0. The fraction of sp³-hybridized carbons (Fsp3) is 0. The summed E-state index contributed by atoms with van der Waals surface area (Å²) in [6.07, 6.45) is 3.09. The van der Waals surface area contributed by atoms with Gasteiger partial charge in [-0.25, -0.2) is 17.9 Å². The number of halogens is 3. The Hall–Kier alpha value is -2.76. The van der Waals surface area contributed by atoms with E-state index in [1.54, 1.807) is 10.9 Å². The predicted octanol–water partition coefficient (Wildman–Crippen LogP) is 4.03. The van der Waals surface area contributed by atoms with Gasteiger partial charge in [-0.1, -0.05) is 18.2 Å². The van der Waals surface area contributed by atoms with E-state index in [-0.39, 0.29) is 5.69 Å². The summed E-state index contributed by atoms with van der Waals surface area (Å²) in [5.41, 5.74) is 1.14. The molecule has 3 rings (SSSR count). The van der Waals surface area contributed by atoms with Crippen LogP contribution in [-0.4, -0.2) is 9.78 Å². The number of aromatic nitrogens is 2. The van der Waals surface area contributed by atoms with Gasteiger partial charge in [0.05, 0.1) is 29.5 Å². The highest BCUT2D eigenvalue weighted by molar-refractivity contribution is 5.59. The molecule has 0 saturated heterocycles. The number of benzene rings is 2. The molecule has 0 fully saturated rings. The van der Waals surface area contributed by atoms with Gasteiger partial charge in [0, 0.05) is 0 Å². The largest absolute Gasteiger partial charge is 0.350 e. The summed E-state index contributed by atoms with van der Waals surface area (Å²) in [4.78, 5) is 0. The smallest absolute Gasteiger partial charge is 0.196 e. The Bertz CT molecular complexity index is 769. The minimum Gasteiger partial charge on any atom is -0.350 e. The third kappa shape index (κ3) is 2.60. The molecule has 0 atom stereocenters. The monoisotopic (exact) mass is 289 g/mol. The van der Waals surface area contributed by atoms with Crippen LogP contribution in [-0.2, 0) is 0 Å². The third-order valence-corrected chi connectivity index (χ3v) is 2.92. The van der Waals surface area contributed by atoms with Crippen LogP contribution in [0.5, 0.6) is 0 Å². The van der Waals surface area contributed by atoms with E-state index in [0.29, 0.717) is 5.69 Å². The Labute approximate surface area is 118 Å². The average molecular weight is 289 g/mol. The van der Waals surface area contributed by atoms with Crippen LogP contribution in [0.15, 0.2) is 54.9 Å². The van der Waals surface area contributed by atoms with Crippen LogP contribution in [0.4, 0.5) is 24.5 Å². The maximum atomic E-state index is 13.6. The van der Waals surface area contributed by atoms with Crippen molar-refractivity contribution >= 4 is 11.4 Å². The number of para-hydroxylation sites is 1. The van der Waals surface area contributed by atoms with Gasteiger partial charge in [-0.2, -0.15) is 5.10 Å². The zero-order valence-electron chi connectivity index (χ0n) is 10.7. The van der Waals surface area contributed by atoms with Crippen LogP contribution in [0.1, 0.15) is 0 Å². The van der Waals surface area contributed by atoms with Gasteiger partial charge in [0.15, 0.2) is 17.5 Å². The molecule has 21 heavy (non-hydrogen) atoms. The maximum Gasteiger partial charge on any atom is 0.196 e. The fourth-order valence-electron chi connectivity index (χ4n) is 1.89. The Morgan fingerprint density at radius 1 is 0.905 bits per heavy atom. The Morgan fingerprint density at radius 3 is 2.43 bits per heavy atom. The van der Waals surface area contributed by atoms with Gasteiger partial charge in [0.25, 0.3) is 0 Å². The Morgan fingerprint density at radius 2 is 1.67 bits per heavy atom. The SMILES string of the molecule is Fc1ccc(Nc2cnn(-c3ccccc3)c2)c(F)c1F. The molecule has 0 amide bonds. The van der Waals surface area contributed by atoms with Crippen LogP contribution in [0.2, 0.25) is 0 Å². The molecule has 6 heteroatoms. The van der Waals surface area contributed by atoms with Crippen molar-refractivity contribution in [2.24, 2.45) is 0 Å². The molecule has 0 aliphatic carbocycles. The fourth-order valence-corrected chi connectivity index (χ4v) is 1.89. The van der Waals surface area contributed by atoms with Gasteiger partial charge in [0.1, 0.15) is 0 Å². The molecule has 0 radical (unpaired) electrons. The van der Waals surface area contributed by atoms with Gasteiger partial charge in [-0.15, -0.1) is 0 Å². The topological polar surface area (TPSA) is 29.9 Å². The standard InChI is InChI=1S/C15H10F3N3/c16-12-6-7-13(15(18)14(12)17)20-10-8-19-21(9-10)11-4-2-1-3-5-11/h1-9,20H. The van der Waals surface area contributed by atoms with Crippen LogP contribution >= 0.6 is 0 Å². The van der Waals surface area contributed by atoms with Crippen LogP contribution in [0.25, 0.3) is 5.69 Å². The number of hydrogen-bond acceptors (Lipinski definition) is 2. The number of anilines is 2. The number of nitrogens with zero attached hydrogens (tertiary/aromatic N) is 2. The maximum absolute atomic E-state index is 13.6. The van der Waals surface area contributed by atoms with Crippen molar-refractivity contribution in [2.75, 3.05) is 5.32 Å². The zero-order valence-corrected chi connectivity index (χ0v) is 10.7. The van der Waals surface area contributed by atoms with Crippen molar-refractivity contribution in [2.45, 2.75) is 0 Å². The first-order chi connectivity index (χ1) is 10.1. The second kappa shape index (κ2) is 5.32. The van der Waals surface area contributed by atoms with Crippen molar-refractivity contribution in [3.8, 4) is 5.69 Å². The lowest BCUT2D eigenvalue weighted by Crippen LogP contribution is -1.98. The molecule has 1 N–H and O–H groups in total. The first-order valence-corrected chi connectivity index (χ1v) is 6.16.